The van der Waals surface area contributed by atoms with Gasteiger partial charge in [0, 0.05) is 25.8 Å². The highest BCUT2D eigenvalue weighted by Gasteiger charge is 2.10. The highest BCUT2D eigenvalue weighted by atomic mass is 15.1. The Labute approximate surface area is 128 Å². The molecule has 21 heavy (non-hydrogen) atoms. The Balaban J connectivity index is 2.30. The summed E-state index contributed by atoms with van der Waals surface area (Å²) in [4.78, 5) is 2.13. The summed E-state index contributed by atoms with van der Waals surface area (Å²) in [6, 6.07) is 17.8. The van der Waals surface area contributed by atoms with Gasteiger partial charge in [-0.2, -0.15) is 0 Å². The van der Waals surface area contributed by atoms with Gasteiger partial charge in [-0.1, -0.05) is 43.3 Å². The molecule has 0 heterocycles. The van der Waals surface area contributed by atoms with Crippen molar-refractivity contribution in [2.24, 2.45) is 0 Å². The summed E-state index contributed by atoms with van der Waals surface area (Å²) < 4.78 is 0. The largest absolute Gasteiger partial charge is 0.378 e. The lowest BCUT2D eigenvalue weighted by Crippen LogP contribution is -2.19. The fourth-order valence-corrected chi connectivity index (χ4v) is 2.55. The molecule has 0 radical (unpaired) electrons. The van der Waals surface area contributed by atoms with Gasteiger partial charge in [-0.05, 0) is 48.7 Å². The molecule has 1 N–H and O–H groups in total. The van der Waals surface area contributed by atoms with Crippen LogP contribution in [0.15, 0.2) is 48.5 Å². The normalized spacial score (nSPS) is 12.2. The first-order valence-corrected chi connectivity index (χ1v) is 7.73. The second kappa shape index (κ2) is 7.28. The molecule has 0 saturated carbocycles. The average molecular weight is 282 g/mol. The van der Waals surface area contributed by atoms with Crippen molar-refractivity contribution < 1.29 is 0 Å². The predicted molar refractivity (Wildman–Crippen MR) is 92.9 cm³/mol. The van der Waals surface area contributed by atoms with Gasteiger partial charge in [0.15, 0.2) is 0 Å². The molecule has 2 aromatic carbocycles. The summed E-state index contributed by atoms with van der Waals surface area (Å²) in [5.74, 6) is 0. The molecule has 0 amide bonds. The monoisotopic (exact) mass is 282 g/mol. The summed E-state index contributed by atoms with van der Waals surface area (Å²) in [5, 5.41) is 3.58. The summed E-state index contributed by atoms with van der Waals surface area (Å²) in [7, 11) is 4.14. The van der Waals surface area contributed by atoms with Crippen LogP contribution < -0.4 is 10.2 Å². The Bertz CT molecular complexity index is 558. The zero-order valence-corrected chi connectivity index (χ0v) is 13.6. The number of nitrogens with zero attached hydrogens (tertiary/aromatic N) is 1. The molecule has 2 heteroatoms. The maximum absolute atomic E-state index is 3.58. The second-order valence-corrected chi connectivity index (χ2v) is 5.70. The molecular formula is C19H26N2. The van der Waals surface area contributed by atoms with Gasteiger partial charge >= 0.3 is 0 Å². The van der Waals surface area contributed by atoms with Crippen molar-refractivity contribution in [3.63, 3.8) is 0 Å². The fraction of sp³-hybridized carbons (Fsp3) is 0.368. The molecule has 2 aromatic rings. The molecule has 0 aromatic heterocycles. The summed E-state index contributed by atoms with van der Waals surface area (Å²) in [6.07, 6.45) is 1.16. The van der Waals surface area contributed by atoms with E-state index in [2.05, 4.69) is 86.7 Å². The van der Waals surface area contributed by atoms with Crippen molar-refractivity contribution >= 4 is 5.69 Å². The molecule has 2 nitrogen and oxygen atoms in total. The predicted octanol–water partition coefficient (Wildman–Crippen LogP) is 4.48. The van der Waals surface area contributed by atoms with Crippen molar-refractivity contribution in [1.82, 2.24) is 5.32 Å². The van der Waals surface area contributed by atoms with Crippen LogP contribution in [-0.4, -0.2) is 20.6 Å². The molecule has 0 saturated heterocycles. The minimum atomic E-state index is 0.370. The van der Waals surface area contributed by atoms with Crippen LogP contribution >= 0.6 is 0 Å². The van der Waals surface area contributed by atoms with Gasteiger partial charge in [0.05, 0.1) is 0 Å². The SMILES string of the molecule is CCCNC(C)c1ccccc1-c1ccc(N(C)C)cc1. The molecule has 0 aliphatic heterocycles. The lowest BCUT2D eigenvalue weighted by molar-refractivity contribution is 0.572. The molecule has 0 aliphatic rings. The molecule has 0 bridgehead atoms. The molecular weight excluding hydrogens is 256 g/mol. The number of anilines is 1. The van der Waals surface area contributed by atoms with Gasteiger partial charge < -0.3 is 10.2 Å². The van der Waals surface area contributed by atoms with Crippen molar-refractivity contribution in [2.75, 3.05) is 25.5 Å². The highest BCUT2D eigenvalue weighted by molar-refractivity contribution is 5.70. The van der Waals surface area contributed by atoms with Gasteiger partial charge in [-0.25, -0.2) is 0 Å². The van der Waals surface area contributed by atoms with Crippen LogP contribution in [0.2, 0.25) is 0 Å². The van der Waals surface area contributed by atoms with Gasteiger partial charge in [0.25, 0.3) is 0 Å². The van der Waals surface area contributed by atoms with Crippen LogP contribution in [0.5, 0.6) is 0 Å². The molecule has 112 valence electrons. The number of benzene rings is 2. The number of nitrogens with one attached hydrogen (secondary N) is 1. The van der Waals surface area contributed by atoms with Crippen molar-refractivity contribution in [3.05, 3.63) is 54.1 Å². The molecule has 2 rings (SSSR count). The van der Waals surface area contributed by atoms with Crippen LogP contribution in [0.4, 0.5) is 5.69 Å². The topological polar surface area (TPSA) is 15.3 Å². The molecule has 0 fully saturated rings. The summed E-state index contributed by atoms with van der Waals surface area (Å²) >= 11 is 0. The van der Waals surface area contributed by atoms with E-state index < -0.39 is 0 Å². The number of hydrogen-bond donors (Lipinski definition) is 1. The first kappa shape index (κ1) is 15.6. The third kappa shape index (κ3) is 3.85. The highest BCUT2D eigenvalue weighted by Crippen LogP contribution is 2.29. The maximum Gasteiger partial charge on any atom is 0.0361 e. The van der Waals surface area contributed by atoms with Crippen molar-refractivity contribution in [2.45, 2.75) is 26.3 Å². The van der Waals surface area contributed by atoms with Gasteiger partial charge in [-0.3, -0.25) is 0 Å². The van der Waals surface area contributed by atoms with E-state index in [0.29, 0.717) is 6.04 Å². The minimum Gasteiger partial charge on any atom is -0.378 e. The van der Waals surface area contributed by atoms with E-state index in [1.807, 2.05) is 0 Å². The van der Waals surface area contributed by atoms with Gasteiger partial charge in [0.1, 0.15) is 0 Å². The van der Waals surface area contributed by atoms with Crippen molar-refractivity contribution in [3.8, 4) is 11.1 Å². The number of hydrogen-bond acceptors (Lipinski definition) is 2. The minimum absolute atomic E-state index is 0.370. The Morgan fingerprint density at radius 2 is 1.67 bits per heavy atom. The standard InChI is InChI=1S/C19H26N2/c1-5-14-20-15(2)18-8-6-7-9-19(18)16-10-12-17(13-11-16)21(3)4/h6-13,15,20H,5,14H2,1-4H3. The second-order valence-electron chi connectivity index (χ2n) is 5.70. The smallest absolute Gasteiger partial charge is 0.0361 e. The van der Waals surface area contributed by atoms with E-state index in [0.717, 1.165) is 13.0 Å². The van der Waals surface area contributed by atoms with E-state index in [-0.39, 0.29) is 0 Å². The quantitative estimate of drug-likeness (QED) is 0.840. The molecule has 0 aliphatic carbocycles. The lowest BCUT2D eigenvalue weighted by Gasteiger charge is -2.19. The Morgan fingerprint density at radius 1 is 1.00 bits per heavy atom. The van der Waals surface area contributed by atoms with E-state index in [1.54, 1.807) is 0 Å². The zero-order chi connectivity index (χ0) is 15.2. The van der Waals surface area contributed by atoms with Crippen LogP contribution in [0.3, 0.4) is 0 Å². The lowest BCUT2D eigenvalue weighted by atomic mass is 9.95. The molecule has 0 spiro atoms. The first-order valence-electron chi connectivity index (χ1n) is 7.73. The Hall–Kier alpha value is -1.80. The Morgan fingerprint density at radius 3 is 2.29 bits per heavy atom. The molecule has 1 atom stereocenters. The van der Waals surface area contributed by atoms with E-state index in [1.165, 1.54) is 22.4 Å². The average Bonchev–Trinajstić information content (AvgIpc) is 2.52. The Kier molecular flexibility index (Phi) is 5.40. The van der Waals surface area contributed by atoms with Crippen molar-refractivity contribution in [1.29, 1.82) is 0 Å². The van der Waals surface area contributed by atoms with Gasteiger partial charge in [-0.15, -0.1) is 0 Å². The molecule has 1 unspecified atom stereocenters. The van der Waals surface area contributed by atoms with Crippen LogP contribution in [0.1, 0.15) is 31.9 Å². The summed E-state index contributed by atoms with van der Waals surface area (Å²) in [5.41, 5.74) is 5.19. The first-order chi connectivity index (χ1) is 10.1. The third-order valence-corrected chi connectivity index (χ3v) is 3.82. The van der Waals surface area contributed by atoms with Crippen LogP contribution in [0, 0.1) is 0 Å². The maximum atomic E-state index is 3.58. The van der Waals surface area contributed by atoms with E-state index in [9.17, 15) is 0 Å². The van der Waals surface area contributed by atoms with E-state index >= 15 is 0 Å². The fourth-order valence-electron chi connectivity index (χ4n) is 2.55. The van der Waals surface area contributed by atoms with Gasteiger partial charge in [0.2, 0.25) is 0 Å². The van der Waals surface area contributed by atoms with Crippen LogP contribution in [-0.2, 0) is 0 Å². The zero-order valence-electron chi connectivity index (χ0n) is 13.6. The third-order valence-electron chi connectivity index (χ3n) is 3.82. The van der Waals surface area contributed by atoms with Crippen LogP contribution in [0.25, 0.3) is 11.1 Å². The number of rotatable bonds is 6. The van der Waals surface area contributed by atoms with E-state index in [4.69, 9.17) is 0 Å². The summed E-state index contributed by atoms with van der Waals surface area (Å²) in [6.45, 7) is 5.49.